The van der Waals surface area contributed by atoms with Gasteiger partial charge in [0.1, 0.15) is 17.6 Å². The minimum absolute atomic E-state index is 0.167. The van der Waals surface area contributed by atoms with Crippen LogP contribution in [0.3, 0.4) is 0 Å². The molecule has 28 heavy (non-hydrogen) atoms. The molecule has 0 aliphatic carbocycles. The van der Waals surface area contributed by atoms with E-state index in [2.05, 4.69) is 5.32 Å². The SMILES string of the molecule is CC1=C2C(=O)N3CCCOC3CN2C=C(C(=O)NCc2ccc(F)cc2)C1O. The Morgan fingerprint density at radius 1 is 1.36 bits per heavy atom. The number of hydrogen-bond acceptors (Lipinski definition) is 5. The molecule has 0 spiro atoms. The van der Waals surface area contributed by atoms with Gasteiger partial charge in [-0.25, -0.2) is 4.39 Å². The van der Waals surface area contributed by atoms with Crippen molar-refractivity contribution in [2.45, 2.75) is 32.2 Å². The molecule has 3 heterocycles. The fraction of sp³-hybridized carbons (Fsp3) is 0.400. The Morgan fingerprint density at radius 3 is 2.86 bits per heavy atom. The lowest BCUT2D eigenvalue weighted by Gasteiger charge is -2.46. The van der Waals surface area contributed by atoms with Crippen molar-refractivity contribution in [3.05, 3.63) is 58.7 Å². The predicted molar refractivity (Wildman–Crippen MR) is 97.8 cm³/mol. The van der Waals surface area contributed by atoms with E-state index in [9.17, 15) is 19.1 Å². The average Bonchev–Trinajstić information content (AvgIpc) is 2.70. The molecule has 0 radical (unpaired) electrons. The highest BCUT2D eigenvalue weighted by atomic mass is 19.1. The van der Waals surface area contributed by atoms with Gasteiger partial charge in [0.15, 0.2) is 6.23 Å². The number of amides is 2. The number of carbonyl (C=O) groups is 2. The standard InChI is InChI=1S/C20H22FN3O4/c1-12-17-20(27)24-7-2-8-28-16(24)11-23(17)10-15(18(12)25)19(26)22-9-13-3-5-14(21)6-4-13/h3-6,10,16,18,25H,2,7-9,11H2,1H3,(H,22,26). The quantitative estimate of drug-likeness (QED) is 0.804. The van der Waals surface area contributed by atoms with Gasteiger partial charge in [0, 0.05) is 19.3 Å². The number of nitrogens with one attached hydrogen (secondary N) is 1. The van der Waals surface area contributed by atoms with Crippen LogP contribution >= 0.6 is 0 Å². The van der Waals surface area contributed by atoms with Crippen molar-refractivity contribution < 1.29 is 23.8 Å². The van der Waals surface area contributed by atoms with Crippen LogP contribution in [0.5, 0.6) is 0 Å². The molecule has 3 aliphatic rings. The molecule has 2 amide bonds. The van der Waals surface area contributed by atoms with Gasteiger partial charge in [0.2, 0.25) is 0 Å². The molecule has 7 nitrogen and oxygen atoms in total. The van der Waals surface area contributed by atoms with E-state index in [0.717, 1.165) is 12.0 Å². The van der Waals surface area contributed by atoms with Crippen molar-refractivity contribution in [1.29, 1.82) is 0 Å². The van der Waals surface area contributed by atoms with Crippen molar-refractivity contribution >= 4 is 11.8 Å². The molecule has 0 saturated carbocycles. The zero-order valence-corrected chi connectivity index (χ0v) is 15.5. The number of carbonyl (C=O) groups excluding carboxylic acids is 2. The Labute approximate surface area is 162 Å². The van der Waals surface area contributed by atoms with E-state index < -0.39 is 12.0 Å². The van der Waals surface area contributed by atoms with Gasteiger partial charge >= 0.3 is 0 Å². The van der Waals surface area contributed by atoms with Crippen LogP contribution in [0.4, 0.5) is 4.39 Å². The number of nitrogens with zero attached hydrogens (tertiary/aromatic N) is 2. The summed E-state index contributed by atoms with van der Waals surface area (Å²) in [7, 11) is 0. The summed E-state index contributed by atoms with van der Waals surface area (Å²) in [6.45, 7) is 3.50. The van der Waals surface area contributed by atoms with Gasteiger partial charge in [-0.2, -0.15) is 0 Å². The second-order valence-electron chi connectivity index (χ2n) is 7.16. The van der Waals surface area contributed by atoms with Gasteiger partial charge < -0.3 is 25.0 Å². The maximum absolute atomic E-state index is 13.0. The normalized spacial score (nSPS) is 24.5. The van der Waals surface area contributed by atoms with Crippen molar-refractivity contribution in [1.82, 2.24) is 15.1 Å². The fourth-order valence-corrected chi connectivity index (χ4v) is 3.77. The van der Waals surface area contributed by atoms with Crippen molar-refractivity contribution in [2.24, 2.45) is 0 Å². The van der Waals surface area contributed by atoms with E-state index in [1.165, 1.54) is 18.3 Å². The first-order chi connectivity index (χ1) is 13.5. The Kier molecular flexibility index (Phi) is 4.91. The third-order valence-electron chi connectivity index (χ3n) is 5.31. The molecule has 148 valence electrons. The van der Waals surface area contributed by atoms with E-state index >= 15 is 0 Å². The lowest BCUT2D eigenvalue weighted by Crippen LogP contribution is -2.58. The highest BCUT2D eigenvalue weighted by molar-refractivity contribution is 5.99. The molecule has 3 aliphatic heterocycles. The molecule has 4 rings (SSSR count). The fourth-order valence-electron chi connectivity index (χ4n) is 3.77. The zero-order chi connectivity index (χ0) is 19.8. The van der Waals surface area contributed by atoms with Gasteiger partial charge in [-0.05, 0) is 36.6 Å². The maximum Gasteiger partial charge on any atom is 0.272 e. The summed E-state index contributed by atoms with van der Waals surface area (Å²) >= 11 is 0. The Morgan fingerprint density at radius 2 is 2.11 bits per heavy atom. The largest absolute Gasteiger partial charge is 0.384 e. The lowest BCUT2D eigenvalue weighted by atomic mass is 9.94. The molecule has 2 fully saturated rings. The van der Waals surface area contributed by atoms with Crippen LogP contribution in [0.15, 0.2) is 47.3 Å². The van der Waals surface area contributed by atoms with E-state index in [1.54, 1.807) is 28.9 Å². The van der Waals surface area contributed by atoms with Crippen LogP contribution in [-0.2, 0) is 20.9 Å². The number of hydrogen-bond donors (Lipinski definition) is 2. The molecule has 1 aromatic rings. The van der Waals surface area contributed by atoms with Crippen LogP contribution in [-0.4, -0.2) is 58.7 Å². The molecule has 2 saturated heterocycles. The van der Waals surface area contributed by atoms with E-state index in [1.807, 2.05) is 0 Å². The summed E-state index contributed by atoms with van der Waals surface area (Å²) in [4.78, 5) is 28.9. The minimum Gasteiger partial charge on any atom is -0.384 e. The van der Waals surface area contributed by atoms with Crippen LogP contribution < -0.4 is 5.32 Å². The molecule has 1 aromatic carbocycles. The number of aliphatic hydroxyl groups excluding tert-OH is 1. The van der Waals surface area contributed by atoms with Crippen LogP contribution in [0, 0.1) is 5.82 Å². The molecule has 2 atom stereocenters. The molecule has 0 aromatic heterocycles. The third kappa shape index (κ3) is 3.29. The first-order valence-electron chi connectivity index (χ1n) is 9.28. The van der Waals surface area contributed by atoms with Gasteiger partial charge in [-0.1, -0.05) is 12.1 Å². The Balaban J connectivity index is 1.52. The van der Waals surface area contributed by atoms with E-state index in [-0.39, 0.29) is 30.1 Å². The number of rotatable bonds is 3. The number of aliphatic hydroxyl groups is 1. The van der Waals surface area contributed by atoms with Crippen molar-refractivity contribution in [2.75, 3.05) is 19.7 Å². The summed E-state index contributed by atoms with van der Waals surface area (Å²) in [6.07, 6.45) is 0.794. The zero-order valence-electron chi connectivity index (χ0n) is 15.5. The second kappa shape index (κ2) is 7.37. The summed E-state index contributed by atoms with van der Waals surface area (Å²) in [5.74, 6) is -0.966. The maximum atomic E-state index is 13.0. The average molecular weight is 387 g/mol. The van der Waals surface area contributed by atoms with E-state index in [4.69, 9.17) is 4.74 Å². The van der Waals surface area contributed by atoms with Crippen molar-refractivity contribution in [3.8, 4) is 0 Å². The van der Waals surface area contributed by atoms with Crippen LogP contribution in [0.25, 0.3) is 0 Å². The summed E-state index contributed by atoms with van der Waals surface area (Å²) in [5, 5.41) is 13.4. The van der Waals surface area contributed by atoms with Gasteiger partial charge in [-0.3, -0.25) is 9.59 Å². The topological polar surface area (TPSA) is 82.1 Å². The highest BCUT2D eigenvalue weighted by Gasteiger charge is 2.42. The minimum atomic E-state index is -1.16. The Hall–Kier alpha value is -2.71. The van der Waals surface area contributed by atoms with Crippen LogP contribution in [0.2, 0.25) is 0 Å². The van der Waals surface area contributed by atoms with Gasteiger partial charge in [-0.15, -0.1) is 0 Å². The summed E-state index contributed by atoms with van der Waals surface area (Å²) in [5.41, 5.74) is 1.77. The number of fused-ring (bicyclic) bond motifs is 2. The molecule has 2 unspecified atom stereocenters. The number of benzene rings is 1. The Bertz CT molecular complexity index is 865. The molecule has 2 N–H and O–H groups in total. The van der Waals surface area contributed by atoms with Crippen LogP contribution in [0.1, 0.15) is 18.9 Å². The predicted octanol–water partition coefficient (Wildman–Crippen LogP) is 0.865. The smallest absolute Gasteiger partial charge is 0.272 e. The monoisotopic (exact) mass is 387 g/mol. The molecule has 8 heteroatoms. The number of ether oxygens (including phenoxy) is 1. The number of piperazine rings is 1. The van der Waals surface area contributed by atoms with E-state index in [0.29, 0.717) is 31.0 Å². The van der Waals surface area contributed by atoms with Gasteiger partial charge in [0.05, 0.1) is 18.7 Å². The second-order valence-corrected chi connectivity index (χ2v) is 7.16. The first kappa shape index (κ1) is 18.6. The molecular weight excluding hydrogens is 365 g/mol. The molecular formula is C20H22FN3O4. The summed E-state index contributed by atoms with van der Waals surface area (Å²) < 4.78 is 18.7. The highest BCUT2D eigenvalue weighted by Crippen LogP contribution is 2.32. The third-order valence-corrected chi connectivity index (χ3v) is 5.31. The summed E-state index contributed by atoms with van der Waals surface area (Å²) in [6, 6.07) is 5.82. The first-order valence-corrected chi connectivity index (χ1v) is 9.28. The van der Waals surface area contributed by atoms with Gasteiger partial charge in [0.25, 0.3) is 11.8 Å². The van der Waals surface area contributed by atoms with Crippen molar-refractivity contribution in [3.63, 3.8) is 0 Å². The lowest BCUT2D eigenvalue weighted by molar-refractivity contribution is -0.161. The number of halogens is 1. The molecule has 0 bridgehead atoms.